The van der Waals surface area contributed by atoms with Crippen molar-refractivity contribution in [3.63, 3.8) is 0 Å². The molecule has 0 bridgehead atoms. The fraction of sp³-hybridized carbons (Fsp3) is 0.417. The molecule has 0 saturated heterocycles. The molecular weight excluding hydrogens is 247 g/mol. The lowest BCUT2D eigenvalue weighted by Crippen LogP contribution is -2.25. The first-order chi connectivity index (χ1) is 8.08. The predicted molar refractivity (Wildman–Crippen MR) is 62.5 cm³/mol. The van der Waals surface area contributed by atoms with E-state index >= 15 is 0 Å². The van der Waals surface area contributed by atoms with Crippen LogP contribution in [0.2, 0.25) is 5.02 Å². The Morgan fingerprint density at radius 3 is 2.65 bits per heavy atom. The highest BCUT2D eigenvalue weighted by atomic mass is 35.5. The standard InChI is InChI=1S/C12H14ClFO3/c1-16-12(17-2)11(15)6-3-8-7-9(14)4-5-10(8)13/h4-5,7,12H,3,6H2,1-2H3. The largest absolute Gasteiger partial charge is 0.349 e. The second-order valence-electron chi connectivity index (χ2n) is 3.51. The molecule has 0 unspecified atom stereocenters. The molecule has 0 N–H and O–H groups in total. The number of ether oxygens (including phenoxy) is 2. The van der Waals surface area contributed by atoms with Crippen LogP contribution in [0, 0.1) is 5.82 Å². The minimum atomic E-state index is -0.873. The molecule has 0 spiro atoms. The van der Waals surface area contributed by atoms with Crippen molar-refractivity contribution in [2.75, 3.05) is 14.2 Å². The second kappa shape index (κ2) is 6.69. The fourth-order valence-corrected chi connectivity index (χ4v) is 1.68. The molecule has 0 aliphatic carbocycles. The average molecular weight is 261 g/mol. The zero-order valence-electron chi connectivity index (χ0n) is 9.70. The van der Waals surface area contributed by atoms with Gasteiger partial charge in [0.1, 0.15) is 5.82 Å². The van der Waals surface area contributed by atoms with Crippen LogP contribution in [0.4, 0.5) is 4.39 Å². The summed E-state index contributed by atoms with van der Waals surface area (Å²) in [6, 6.07) is 4.08. The van der Waals surface area contributed by atoms with E-state index in [9.17, 15) is 9.18 Å². The molecule has 0 saturated carbocycles. The Morgan fingerprint density at radius 1 is 1.41 bits per heavy atom. The van der Waals surface area contributed by atoms with Crippen LogP contribution in [0.3, 0.4) is 0 Å². The Labute approximate surface area is 104 Å². The predicted octanol–water partition coefficient (Wildman–Crippen LogP) is 2.60. The van der Waals surface area contributed by atoms with Gasteiger partial charge in [0.05, 0.1) is 0 Å². The lowest BCUT2D eigenvalue weighted by atomic mass is 10.1. The second-order valence-corrected chi connectivity index (χ2v) is 3.91. The quantitative estimate of drug-likeness (QED) is 0.738. The number of Topliss-reactive ketones (excluding diaryl/α,β-unsaturated/α-hetero) is 1. The van der Waals surface area contributed by atoms with Crippen molar-refractivity contribution in [2.24, 2.45) is 0 Å². The summed E-state index contributed by atoms with van der Waals surface area (Å²) in [6.07, 6.45) is -0.323. The molecule has 0 aliphatic heterocycles. The van der Waals surface area contributed by atoms with Gasteiger partial charge in [0.25, 0.3) is 0 Å². The van der Waals surface area contributed by atoms with Crippen molar-refractivity contribution < 1.29 is 18.7 Å². The number of carbonyl (C=O) groups is 1. The van der Waals surface area contributed by atoms with Crippen LogP contribution in [-0.2, 0) is 20.7 Å². The third kappa shape index (κ3) is 4.07. The van der Waals surface area contributed by atoms with E-state index in [1.54, 1.807) is 0 Å². The van der Waals surface area contributed by atoms with Gasteiger partial charge < -0.3 is 9.47 Å². The summed E-state index contributed by atoms with van der Waals surface area (Å²) >= 11 is 5.89. The van der Waals surface area contributed by atoms with Crippen LogP contribution in [0.15, 0.2) is 18.2 Å². The summed E-state index contributed by atoms with van der Waals surface area (Å²) in [6.45, 7) is 0. The molecule has 1 aromatic carbocycles. The topological polar surface area (TPSA) is 35.5 Å². The van der Waals surface area contributed by atoms with Gasteiger partial charge in [-0.15, -0.1) is 0 Å². The van der Waals surface area contributed by atoms with E-state index in [4.69, 9.17) is 21.1 Å². The Morgan fingerprint density at radius 2 is 2.06 bits per heavy atom. The summed E-state index contributed by atoms with van der Waals surface area (Å²) in [5.41, 5.74) is 0.603. The van der Waals surface area contributed by atoms with Gasteiger partial charge >= 0.3 is 0 Å². The minimum Gasteiger partial charge on any atom is -0.349 e. The van der Waals surface area contributed by atoms with Gasteiger partial charge in [-0.2, -0.15) is 0 Å². The van der Waals surface area contributed by atoms with Gasteiger partial charge in [-0.3, -0.25) is 4.79 Å². The number of methoxy groups -OCH3 is 2. The first-order valence-corrected chi connectivity index (χ1v) is 5.48. The maximum atomic E-state index is 13.0. The molecule has 0 radical (unpaired) electrons. The molecule has 94 valence electrons. The summed E-state index contributed by atoms with van der Waals surface area (Å²) < 4.78 is 22.6. The maximum absolute atomic E-state index is 13.0. The number of halogens is 2. The number of hydrogen-bond donors (Lipinski definition) is 0. The smallest absolute Gasteiger partial charge is 0.217 e. The van der Waals surface area contributed by atoms with Gasteiger partial charge in [0.2, 0.25) is 6.29 Å². The van der Waals surface area contributed by atoms with Gasteiger partial charge in [-0.25, -0.2) is 4.39 Å². The third-order valence-electron chi connectivity index (χ3n) is 2.34. The third-order valence-corrected chi connectivity index (χ3v) is 2.71. The lowest BCUT2D eigenvalue weighted by molar-refractivity contribution is -0.156. The Bertz CT molecular complexity index is 391. The van der Waals surface area contributed by atoms with Crippen LogP contribution < -0.4 is 0 Å². The van der Waals surface area contributed by atoms with Crippen LogP contribution in [0.5, 0.6) is 0 Å². The molecule has 0 amide bonds. The monoisotopic (exact) mass is 260 g/mol. The number of ketones is 1. The number of rotatable bonds is 6. The molecule has 0 aromatic heterocycles. The van der Waals surface area contributed by atoms with Crippen molar-refractivity contribution in [1.29, 1.82) is 0 Å². The minimum absolute atomic E-state index is 0.190. The van der Waals surface area contributed by atoms with E-state index in [0.29, 0.717) is 17.0 Å². The molecular formula is C12H14ClFO3. The van der Waals surface area contributed by atoms with Gasteiger partial charge in [0, 0.05) is 25.7 Å². The molecule has 0 fully saturated rings. The Hall–Kier alpha value is -0.970. The molecule has 0 aliphatic rings. The SMILES string of the molecule is COC(OC)C(=O)CCc1cc(F)ccc1Cl. The van der Waals surface area contributed by atoms with Crippen LogP contribution in [0.25, 0.3) is 0 Å². The molecule has 3 nitrogen and oxygen atoms in total. The molecule has 0 atom stereocenters. The summed E-state index contributed by atoms with van der Waals surface area (Å²) in [5.74, 6) is -0.567. The number of aryl methyl sites for hydroxylation is 1. The fourth-order valence-electron chi connectivity index (χ4n) is 1.47. The molecule has 1 rings (SSSR count). The zero-order chi connectivity index (χ0) is 12.8. The summed E-state index contributed by atoms with van der Waals surface area (Å²) in [7, 11) is 2.78. The highest BCUT2D eigenvalue weighted by molar-refractivity contribution is 6.31. The van der Waals surface area contributed by atoms with Crippen molar-refractivity contribution in [3.05, 3.63) is 34.6 Å². The van der Waals surface area contributed by atoms with E-state index in [1.165, 1.54) is 32.4 Å². The van der Waals surface area contributed by atoms with Gasteiger partial charge in [-0.1, -0.05) is 11.6 Å². The van der Waals surface area contributed by atoms with E-state index in [0.717, 1.165) is 0 Å². The van der Waals surface area contributed by atoms with E-state index < -0.39 is 6.29 Å². The van der Waals surface area contributed by atoms with Crippen LogP contribution in [-0.4, -0.2) is 26.3 Å². The lowest BCUT2D eigenvalue weighted by Gasteiger charge is -2.12. The number of carbonyl (C=O) groups excluding carboxylic acids is 1. The highest BCUT2D eigenvalue weighted by Gasteiger charge is 2.16. The zero-order valence-corrected chi connectivity index (χ0v) is 10.5. The molecule has 0 heterocycles. The van der Waals surface area contributed by atoms with Gasteiger partial charge in [0.15, 0.2) is 5.78 Å². The maximum Gasteiger partial charge on any atom is 0.217 e. The van der Waals surface area contributed by atoms with E-state index in [2.05, 4.69) is 0 Å². The van der Waals surface area contributed by atoms with Gasteiger partial charge in [-0.05, 0) is 30.2 Å². The summed E-state index contributed by atoms with van der Waals surface area (Å²) in [4.78, 5) is 11.6. The Kier molecular flexibility index (Phi) is 5.55. The molecule has 1 aromatic rings. The van der Waals surface area contributed by atoms with Crippen molar-refractivity contribution in [2.45, 2.75) is 19.1 Å². The van der Waals surface area contributed by atoms with E-state index in [-0.39, 0.29) is 18.0 Å². The van der Waals surface area contributed by atoms with Crippen molar-refractivity contribution >= 4 is 17.4 Å². The van der Waals surface area contributed by atoms with Crippen LogP contribution in [0.1, 0.15) is 12.0 Å². The molecule has 17 heavy (non-hydrogen) atoms. The molecule has 5 heteroatoms. The number of benzene rings is 1. The Balaban J connectivity index is 2.61. The van der Waals surface area contributed by atoms with Crippen molar-refractivity contribution in [3.8, 4) is 0 Å². The summed E-state index contributed by atoms with van der Waals surface area (Å²) in [5, 5.41) is 0.450. The van der Waals surface area contributed by atoms with Crippen LogP contribution >= 0.6 is 11.6 Å². The van der Waals surface area contributed by atoms with E-state index in [1.807, 2.05) is 0 Å². The first kappa shape index (κ1) is 14.1. The normalized spacial score (nSPS) is 10.9. The highest BCUT2D eigenvalue weighted by Crippen LogP contribution is 2.19. The number of hydrogen-bond acceptors (Lipinski definition) is 3. The first-order valence-electron chi connectivity index (χ1n) is 5.10. The average Bonchev–Trinajstić information content (AvgIpc) is 2.32. The van der Waals surface area contributed by atoms with Crippen molar-refractivity contribution in [1.82, 2.24) is 0 Å².